The molecule has 1 aromatic rings. The molecule has 0 spiro atoms. The van der Waals surface area contributed by atoms with E-state index in [2.05, 4.69) is 17.2 Å². The Morgan fingerprint density at radius 1 is 1.62 bits per heavy atom. The smallest absolute Gasteiger partial charge is 0.251 e. The third-order valence-corrected chi connectivity index (χ3v) is 3.82. The highest BCUT2D eigenvalue weighted by Crippen LogP contribution is 2.25. The minimum atomic E-state index is -0.579. The molecular formula is C16H18FNO3. The highest BCUT2D eigenvalue weighted by molar-refractivity contribution is 5.94. The maximum Gasteiger partial charge on any atom is 0.251 e. The summed E-state index contributed by atoms with van der Waals surface area (Å²) in [6.45, 7) is 4.08. The lowest BCUT2D eigenvalue weighted by Gasteiger charge is -2.28. The van der Waals surface area contributed by atoms with Crippen molar-refractivity contribution in [2.24, 2.45) is 0 Å². The van der Waals surface area contributed by atoms with E-state index in [0.717, 1.165) is 12.5 Å². The van der Waals surface area contributed by atoms with Gasteiger partial charge in [0.25, 0.3) is 5.91 Å². The van der Waals surface area contributed by atoms with Crippen LogP contribution in [0, 0.1) is 17.7 Å². The molecule has 1 saturated heterocycles. The van der Waals surface area contributed by atoms with Crippen LogP contribution in [0.15, 0.2) is 18.2 Å². The third-order valence-electron chi connectivity index (χ3n) is 3.82. The summed E-state index contributed by atoms with van der Waals surface area (Å²) in [7, 11) is 0. The molecule has 1 amide bonds. The van der Waals surface area contributed by atoms with Crippen LogP contribution in [0.3, 0.4) is 0 Å². The highest BCUT2D eigenvalue weighted by Gasteiger charge is 2.38. The largest absolute Gasteiger partial charge is 0.384 e. The van der Waals surface area contributed by atoms with E-state index >= 15 is 0 Å². The van der Waals surface area contributed by atoms with Crippen LogP contribution in [0.4, 0.5) is 4.39 Å². The number of carbonyl (C=O) groups is 1. The van der Waals surface area contributed by atoms with Gasteiger partial charge >= 0.3 is 0 Å². The fourth-order valence-corrected chi connectivity index (χ4v) is 2.22. The molecule has 2 N–H and O–H groups in total. The Labute approximate surface area is 123 Å². The molecule has 21 heavy (non-hydrogen) atoms. The van der Waals surface area contributed by atoms with Gasteiger partial charge in [0.05, 0.1) is 17.2 Å². The first-order valence-corrected chi connectivity index (χ1v) is 6.79. The summed E-state index contributed by atoms with van der Waals surface area (Å²) in [5.74, 6) is 3.95. The van der Waals surface area contributed by atoms with Crippen LogP contribution >= 0.6 is 0 Å². The number of amides is 1. The first-order valence-electron chi connectivity index (χ1n) is 6.79. The average Bonchev–Trinajstić information content (AvgIpc) is 2.77. The van der Waals surface area contributed by atoms with Crippen molar-refractivity contribution in [3.05, 3.63) is 35.1 Å². The molecule has 1 aliphatic rings. The van der Waals surface area contributed by atoms with E-state index < -0.39 is 11.4 Å². The van der Waals surface area contributed by atoms with Crippen molar-refractivity contribution >= 4 is 5.91 Å². The Kier molecular flexibility index (Phi) is 4.61. The summed E-state index contributed by atoms with van der Waals surface area (Å²) in [5, 5.41) is 11.5. The van der Waals surface area contributed by atoms with E-state index in [1.165, 1.54) is 12.1 Å². The van der Waals surface area contributed by atoms with E-state index in [4.69, 9.17) is 9.84 Å². The zero-order valence-electron chi connectivity index (χ0n) is 12.1. The van der Waals surface area contributed by atoms with Crippen LogP contribution in [0.2, 0.25) is 0 Å². The predicted octanol–water partition coefficient (Wildman–Crippen LogP) is 1.47. The fraction of sp³-hybridized carbons (Fsp3) is 0.438. The first-order chi connectivity index (χ1) is 9.96. The second-order valence-electron chi connectivity index (χ2n) is 5.29. The normalized spacial score (nSPS) is 24.3. The number of rotatable bonds is 2. The van der Waals surface area contributed by atoms with Crippen LogP contribution in [0.5, 0.6) is 0 Å². The number of nitrogens with one attached hydrogen (secondary N) is 1. The molecule has 0 aliphatic carbocycles. The van der Waals surface area contributed by atoms with Crippen molar-refractivity contribution in [2.45, 2.75) is 31.9 Å². The standard InChI is InChI=1S/C16H18FNO3/c1-11-16(2,7-9-21-11)18-15(20)13-6-5-12(4-3-8-19)14(17)10-13/h5-6,10-11,19H,7-9H2,1-2H3,(H,18,20). The van der Waals surface area contributed by atoms with Crippen molar-refractivity contribution in [3.63, 3.8) is 0 Å². The Balaban J connectivity index is 2.15. The van der Waals surface area contributed by atoms with E-state index in [1.807, 2.05) is 13.8 Å². The Hall–Kier alpha value is -1.90. The SMILES string of the molecule is CC1OCCC1(C)NC(=O)c1ccc(C#CCO)c(F)c1. The molecule has 0 saturated carbocycles. The van der Waals surface area contributed by atoms with Gasteiger partial charge in [-0.15, -0.1) is 0 Å². The average molecular weight is 291 g/mol. The number of halogens is 1. The Morgan fingerprint density at radius 3 is 2.95 bits per heavy atom. The lowest BCUT2D eigenvalue weighted by atomic mass is 9.94. The number of carbonyl (C=O) groups excluding carboxylic acids is 1. The first kappa shape index (κ1) is 15.5. The molecule has 4 nitrogen and oxygen atoms in total. The van der Waals surface area contributed by atoms with Crippen molar-refractivity contribution < 1.29 is 19.0 Å². The van der Waals surface area contributed by atoms with Gasteiger partial charge in [-0.1, -0.05) is 11.8 Å². The molecule has 0 radical (unpaired) electrons. The summed E-state index contributed by atoms with van der Waals surface area (Å²) >= 11 is 0. The lowest BCUT2D eigenvalue weighted by Crippen LogP contribution is -2.50. The van der Waals surface area contributed by atoms with Crippen LogP contribution in [0.1, 0.15) is 36.2 Å². The summed E-state index contributed by atoms with van der Waals surface area (Å²) in [6, 6.07) is 4.11. The third kappa shape index (κ3) is 3.41. The summed E-state index contributed by atoms with van der Waals surface area (Å²) in [4.78, 5) is 12.2. The predicted molar refractivity (Wildman–Crippen MR) is 76.3 cm³/mol. The van der Waals surface area contributed by atoms with Gasteiger partial charge in [0.2, 0.25) is 0 Å². The highest BCUT2D eigenvalue weighted by atomic mass is 19.1. The topological polar surface area (TPSA) is 58.6 Å². The van der Waals surface area contributed by atoms with E-state index in [9.17, 15) is 9.18 Å². The van der Waals surface area contributed by atoms with Crippen LogP contribution < -0.4 is 5.32 Å². The van der Waals surface area contributed by atoms with E-state index in [1.54, 1.807) is 0 Å². The quantitative estimate of drug-likeness (QED) is 0.811. The van der Waals surface area contributed by atoms with Gasteiger partial charge in [0.15, 0.2) is 0 Å². The molecule has 1 aliphatic heterocycles. The summed E-state index contributed by atoms with van der Waals surface area (Å²) in [6.07, 6.45) is 0.642. The Morgan fingerprint density at radius 2 is 2.38 bits per heavy atom. The van der Waals surface area contributed by atoms with E-state index in [-0.39, 0.29) is 29.7 Å². The molecule has 1 aromatic carbocycles. The van der Waals surface area contributed by atoms with Crippen molar-refractivity contribution in [1.82, 2.24) is 5.32 Å². The van der Waals surface area contributed by atoms with Gasteiger partial charge < -0.3 is 15.2 Å². The molecule has 2 rings (SSSR count). The Bertz CT molecular complexity index is 605. The van der Waals surface area contributed by atoms with Gasteiger partial charge in [-0.25, -0.2) is 4.39 Å². The van der Waals surface area contributed by atoms with Crippen LogP contribution in [0.25, 0.3) is 0 Å². The lowest BCUT2D eigenvalue weighted by molar-refractivity contribution is 0.0727. The summed E-state index contributed by atoms with van der Waals surface area (Å²) < 4.78 is 19.3. The number of hydrogen-bond donors (Lipinski definition) is 2. The maximum atomic E-state index is 13.8. The number of benzene rings is 1. The second-order valence-corrected chi connectivity index (χ2v) is 5.29. The van der Waals surface area contributed by atoms with Gasteiger partial charge in [0.1, 0.15) is 12.4 Å². The molecular weight excluding hydrogens is 273 g/mol. The van der Waals surface area contributed by atoms with Gasteiger partial charge in [0, 0.05) is 12.2 Å². The van der Waals surface area contributed by atoms with Crippen molar-refractivity contribution in [1.29, 1.82) is 0 Å². The minimum Gasteiger partial charge on any atom is -0.384 e. The van der Waals surface area contributed by atoms with Crippen molar-refractivity contribution in [3.8, 4) is 11.8 Å². The minimum absolute atomic E-state index is 0.0824. The van der Waals surface area contributed by atoms with Gasteiger partial charge in [-0.2, -0.15) is 0 Å². The zero-order chi connectivity index (χ0) is 15.5. The number of ether oxygens (including phenoxy) is 1. The molecule has 0 bridgehead atoms. The van der Waals surface area contributed by atoms with Crippen molar-refractivity contribution in [2.75, 3.05) is 13.2 Å². The zero-order valence-corrected chi connectivity index (χ0v) is 12.1. The number of aliphatic hydroxyl groups is 1. The molecule has 1 heterocycles. The van der Waals surface area contributed by atoms with Gasteiger partial charge in [-0.05, 0) is 38.5 Å². The number of hydrogen-bond acceptors (Lipinski definition) is 3. The fourth-order valence-electron chi connectivity index (χ4n) is 2.22. The monoisotopic (exact) mass is 291 g/mol. The maximum absolute atomic E-state index is 13.8. The molecule has 2 atom stereocenters. The number of aliphatic hydroxyl groups excluding tert-OH is 1. The molecule has 2 unspecified atom stereocenters. The van der Waals surface area contributed by atoms with Crippen LogP contribution in [-0.4, -0.2) is 35.9 Å². The van der Waals surface area contributed by atoms with Gasteiger partial charge in [-0.3, -0.25) is 4.79 Å². The summed E-state index contributed by atoms with van der Waals surface area (Å²) in [5.41, 5.74) is -0.0464. The van der Waals surface area contributed by atoms with Crippen LogP contribution in [-0.2, 0) is 4.74 Å². The van der Waals surface area contributed by atoms with E-state index in [0.29, 0.717) is 6.61 Å². The second kappa shape index (κ2) is 6.25. The molecule has 1 fully saturated rings. The molecule has 112 valence electrons. The molecule has 0 aromatic heterocycles. The molecule has 5 heteroatoms.